The molecule has 0 aliphatic rings. The third-order valence-corrected chi connectivity index (χ3v) is 3.37. The van der Waals surface area contributed by atoms with Crippen molar-refractivity contribution in [1.82, 2.24) is 9.97 Å². The largest absolute Gasteiger partial charge is 0.397 e. The van der Waals surface area contributed by atoms with Crippen LogP contribution in [-0.2, 0) is 0 Å². The Hall–Kier alpha value is -2.14. The van der Waals surface area contributed by atoms with Crippen LogP contribution in [0.25, 0.3) is 10.9 Å². The molecular formula is C14H11BrN4. The van der Waals surface area contributed by atoms with Crippen molar-refractivity contribution < 1.29 is 0 Å². The number of rotatable bonds is 2. The maximum Gasteiger partial charge on any atom is 0.144 e. The Kier molecular flexibility index (Phi) is 3.05. The van der Waals surface area contributed by atoms with Crippen LogP contribution < -0.4 is 11.1 Å². The van der Waals surface area contributed by atoms with Crippen LogP contribution in [0.1, 0.15) is 0 Å². The molecule has 0 radical (unpaired) electrons. The van der Waals surface area contributed by atoms with E-state index in [1.165, 1.54) is 0 Å². The van der Waals surface area contributed by atoms with Gasteiger partial charge in [0.05, 0.1) is 21.9 Å². The molecule has 0 amide bonds. The number of anilines is 3. The first kappa shape index (κ1) is 11.9. The van der Waals surface area contributed by atoms with Gasteiger partial charge in [-0.05, 0) is 46.3 Å². The molecule has 4 nitrogen and oxygen atoms in total. The summed E-state index contributed by atoms with van der Waals surface area (Å²) < 4.78 is 0.827. The van der Waals surface area contributed by atoms with Crippen molar-refractivity contribution in [2.75, 3.05) is 11.1 Å². The monoisotopic (exact) mass is 314 g/mol. The van der Waals surface area contributed by atoms with E-state index in [2.05, 4.69) is 31.2 Å². The van der Waals surface area contributed by atoms with Crippen molar-refractivity contribution in [3.05, 3.63) is 53.3 Å². The van der Waals surface area contributed by atoms with Gasteiger partial charge in [0, 0.05) is 17.3 Å². The lowest BCUT2D eigenvalue weighted by Gasteiger charge is -2.10. The molecule has 0 aliphatic carbocycles. The fraction of sp³-hybridized carbons (Fsp3) is 0. The summed E-state index contributed by atoms with van der Waals surface area (Å²) in [5.74, 6) is 0.727. The predicted octanol–water partition coefficient (Wildman–Crippen LogP) is 3.72. The fourth-order valence-electron chi connectivity index (χ4n) is 1.88. The van der Waals surface area contributed by atoms with E-state index in [9.17, 15) is 0 Å². The van der Waals surface area contributed by atoms with Crippen LogP contribution in [0.5, 0.6) is 0 Å². The Bertz CT molecular complexity index is 737. The number of hydrogen-bond donors (Lipinski definition) is 2. The van der Waals surface area contributed by atoms with Crippen LogP contribution in [0.15, 0.2) is 53.3 Å². The minimum atomic E-state index is 0.622. The topological polar surface area (TPSA) is 63.8 Å². The number of nitrogens with one attached hydrogen (secondary N) is 1. The first-order valence-corrected chi connectivity index (χ1v) is 6.55. The summed E-state index contributed by atoms with van der Waals surface area (Å²) in [4.78, 5) is 8.60. The van der Waals surface area contributed by atoms with Crippen molar-refractivity contribution in [3.63, 3.8) is 0 Å². The number of benzene rings is 1. The average molecular weight is 315 g/mol. The van der Waals surface area contributed by atoms with Gasteiger partial charge in [0.2, 0.25) is 0 Å². The van der Waals surface area contributed by atoms with Gasteiger partial charge in [-0.1, -0.05) is 6.07 Å². The third-order valence-electron chi connectivity index (χ3n) is 2.76. The molecule has 0 saturated heterocycles. The van der Waals surface area contributed by atoms with E-state index in [4.69, 9.17) is 5.73 Å². The minimum Gasteiger partial charge on any atom is -0.397 e. The zero-order valence-corrected chi connectivity index (χ0v) is 11.6. The molecule has 2 aromatic heterocycles. The highest BCUT2D eigenvalue weighted by atomic mass is 79.9. The van der Waals surface area contributed by atoms with Crippen LogP contribution in [0, 0.1) is 0 Å². The molecule has 94 valence electrons. The summed E-state index contributed by atoms with van der Waals surface area (Å²) in [6.45, 7) is 0. The number of aromatic nitrogens is 2. The fourth-order valence-corrected chi connectivity index (χ4v) is 2.35. The second-order valence-corrected chi connectivity index (χ2v) is 4.95. The number of nitrogens with zero attached hydrogens (tertiary/aromatic N) is 2. The first-order valence-electron chi connectivity index (χ1n) is 5.76. The van der Waals surface area contributed by atoms with E-state index in [0.29, 0.717) is 5.69 Å². The third kappa shape index (κ3) is 2.37. The van der Waals surface area contributed by atoms with E-state index >= 15 is 0 Å². The summed E-state index contributed by atoms with van der Waals surface area (Å²) in [5, 5.41) is 4.34. The maximum atomic E-state index is 5.68. The van der Waals surface area contributed by atoms with Gasteiger partial charge in [-0.2, -0.15) is 0 Å². The molecule has 0 saturated carbocycles. The van der Waals surface area contributed by atoms with E-state index in [-0.39, 0.29) is 0 Å². The molecule has 19 heavy (non-hydrogen) atoms. The quantitative estimate of drug-likeness (QED) is 0.756. The Labute approximate surface area is 118 Å². The highest BCUT2D eigenvalue weighted by Gasteiger charge is 2.05. The highest BCUT2D eigenvalue weighted by molar-refractivity contribution is 9.10. The van der Waals surface area contributed by atoms with Gasteiger partial charge >= 0.3 is 0 Å². The number of hydrogen-bond acceptors (Lipinski definition) is 4. The van der Waals surface area contributed by atoms with E-state index < -0.39 is 0 Å². The van der Waals surface area contributed by atoms with E-state index in [0.717, 1.165) is 26.9 Å². The highest BCUT2D eigenvalue weighted by Crippen LogP contribution is 2.28. The Morgan fingerprint density at radius 2 is 2.00 bits per heavy atom. The Morgan fingerprint density at radius 1 is 1.11 bits per heavy atom. The van der Waals surface area contributed by atoms with E-state index in [1.54, 1.807) is 12.4 Å². The molecule has 0 bridgehead atoms. The van der Waals surface area contributed by atoms with Gasteiger partial charge in [-0.3, -0.25) is 4.98 Å². The number of fused-ring (bicyclic) bond motifs is 1. The number of nitrogens with two attached hydrogens (primary N) is 1. The van der Waals surface area contributed by atoms with Gasteiger partial charge in [0.15, 0.2) is 0 Å². The molecule has 1 aromatic carbocycles. The van der Waals surface area contributed by atoms with E-state index in [1.807, 2.05) is 36.4 Å². The van der Waals surface area contributed by atoms with Crippen molar-refractivity contribution in [3.8, 4) is 0 Å². The van der Waals surface area contributed by atoms with Crippen molar-refractivity contribution >= 4 is 44.0 Å². The zero-order chi connectivity index (χ0) is 13.2. The standard InChI is InChI=1S/C14H11BrN4/c15-11-7-9(16)8-18-14(11)19-13-5-1-4-12-10(13)3-2-6-17-12/h1-8H,16H2,(H,18,19). The molecule has 5 heteroatoms. The molecule has 3 rings (SSSR count). The SMILES string of the molecule is Nc1cnc(Nc2cccc3ncccc23)c(Br)c1. The first-order chi connectivity index (χ1) is 9.24. The summed E-state index contributed by atoms with van der Waals surface area (Å²) in [5.41, 5.74) is 8.21. The summed E-state index contributed by atoms with van der Waals surface area (Å²) in [7, 11) is 0. The van der Waals surface area contributed by atoms with Crippen molar-refractivity contribution in [1.29, 1.82) is 0 Å². The molecule has 0 fully saturated rings. The zero-order valence-electron chi connectivity index (χ0n) is 9.97. The van der Waals surface area contributed by atoms with Gasteiger partial charge in [0.25, 0.3) is 0 Å². The molecule has 2 heterocycles. The molecule has 3 N–H and O–H groups in total. The van der Waals surface area contributed by atoms with Crippen molar-refractivity contribution in [2.45, 2.75) is 0 Å². The molecule has 0 aliphatic heterocycles. The van der Waals surface area contributed by atoms with Crippen LogP contribution in [0.2, 0.25) is 0 Å². The normalized spacial score (nSPS) is 10.6. The number of halogens is 1. The summed E-state index contributed by atoms with van der Waals surface area (Å²) >= 11 is 3.45. The summed E-state index contributed by atoms with van der Waals surface area (Å²) in [6.07, 6.45) is 3.40. The van der Waals surface area contributed by atoms with Gasteiger partial charge in [0.1, 0.15) is 5.82 Å². The van der Waals surface area contributed by atoms with Crippen LogP contribution in [0.3, 0.4) is 0 Å². The number of nitrogen functional groups attached to an aromatic ring is 1. The predicted molar refractivity (Wildman–Crippen MR) is 81.4 cm³/mol. The Morgan fingerprint density at radius 3 is 2.84 bits per heavy atom. The van der Waals surface area contributed by atoms with Crippen LogP contribution in [0.4, 0.5) is 17.2 Å². The molecule has 0 spiro atoms. The van der Waals surface area contributed by atoms with Gasteiger partial charge < -0.3 is 11.1 Å². The van der Waals surface area contributed by atoms with Gasteiger partial charge in [-0.25, -0.2) is 4.98 Å². The smallest absolute Gasteiger partial charge is 0.144 e. The van der Waals surface area contributed by atoms with Crippen molar-refractivity contribution in [2.24, 2.45) is 0 Å². The molecule has 3 aromatic rings. The summed E-state index contributed by atoms with van der Waals surface area (Å²) in [6, 6.07) is 11.7. The average Bonchev–Trinajstić information content (AvgIpc) is 2.42. The van der Waals surface area contributed by atoms with Crippen LogP contribution >= 0.6 is 15.9 Å². The minimum absolute atomic E-state index is 0.622. The molecule has 0 unspecified atom stereocenters. The molecule has 0 atom stereocenters. The van der Waals surface area contributed by atoms with Crippen LogP contribution in [-0.4, -0.2) is 9.97 Å². The second kappa shape index (κ2) is 4.85. The van der Waals surface area contributed by atoms with Gasteiger partial charge in [-0.15, -0.1) is 0 Å². The molecular weight excluding hydrogens is 304 g/mol. The maximum absolute atomic E-state index is 5.68. The lowest BCUT2D eigenvalue weighted by molar-refractivity contribution is 1.30. The lowest BCUT2D eigenvalue weighted by Crippen LogP contribution is -1.97. The lowest BCUT2D eigenvalue weighted by atomic mass is 10.2. The Balaban J connectivity index is 2.06. The number of pyridine rings is 2. The second-order valence-electron chi connectivity index (χ2n) is 4.10.